The molecule has 1 amide bonds. The Hall–Kier alpha value is -3.99. The maximum absolute atomic E-state index is 15.6. The zero-order chi connectivity index (χ0) is 38.1. The molecule has 3 N–H and O–H groups in total. The summed E-state index contributed by atoms with van der Waals surface area (Å²) in [7, 11) is -0.828. The number of nitrogens with one attached hydrogen (secondary N) is 3. The molecule has 3 fully saturated rings. The van der Waals surface area contributed by atoms with Crippen LogP contribution in [0.1, 0.15) is 78.0 Å². The SMILES string of the molecule is COc1cc(C(=O)NC2CCC(N3CCN(CC4CC4)CC3)CC2)c(F)cc1Nc1ncc(C(F)F)c(N[C@@H]2Cc3ccccc3[C@H]2N(C)S(C)(=O)=O)n1. The van der Waals surface area contributed by atoms with Crippen molar-refractivity contribution in [2.24, 2.45) is 5.92 Å². The minimum absolute atomic E-state index is 0.0646. The Balaban J connectivity index is 1.01. The number of ether oxygens (including phenoxy) is 1. The molecule has 2 aromatic carbocycles. The van der Waals surface area contributed by atoms with Crippen LogP contribution in [-0.4, -0.2) is 110 Å². The molecule has 16 heteroatoms. The Morgan fingerprint density at radius 1 is 1.06 bits per heavy atom. The van der Waals surface area contributed by atoms with Crippen molar-refractivity contribution < 1.29 is 31.1 Å². The van der Waals surface area contributed by atoms with Crippen molar-refractivity contribution >= 4 is 33.4 Å². The fourth-order valence-corrected chi connectivity index (χ4v) is 8.87. The molecule has 0 unspecified atom stereocenters. The van der Waals surface area contributed by atoms with Crippen LogP contribution in [0.2, 0.25) is 0 Å². The van der Waals surface area contributed by atoms with Crippen molar-refractivity contribution in [3.8, 4) is 5.75 Å². The first-order valence-electron chi connectivity index (χ1n) is 18.7. The number of hydrogen-bond donors (Lipinski definition) is 3. The molecule has 1 aromatic heterocycles. The fourth-order valence-electron chi connectivity index (χ4n) is 8.20. The van der Waals surface area contributed by atoms with Crippen molar-refractivity contribution in [1.29, 1.82) is 0 Å². The van der Waals surface area contributed by atoms with Crippen molar-refractivity contribution in [1.82, 2.24) is 29.4 Å². The number of benzene rings is 2. The van der Waals surface area contributed by atoms with Gasteiger partial charge in [0.05, 0.1) is 42.3 Å². The maximum atomic E-state index is 15.6. The van der Waals surface area contributed by atoms with Gasteiger partial charge in [0.2, 0.25) is 16.0 Å². The van der Waals surface area contributed by atoms with Gasteiger partial charge in [0.25, 0.3) is 12.3 Å². The zero-order valence-corrected chi connectivity index (χ0v) is 31.7. The average Bonchev–Trinajstić information content (AvgIpc) is 3.89. The lowest BCUT2D eigenvalue weighted by molar-refractivity contribution is 0.0693. The number of carbonyl (C=O) groups is 1. The molecule has 7 rings (SSSR count). The van der Waals surface area contributed by atoms with E-state index in [0.717, 1.165) is 87.4 Å². The highest BCUT2D eigenvalue weighted by Gasteiger charge is 2.39. The first-order chi connectivity index (χ1) is 25.9. The van der Waals surface area contributed by atoms with Crippen molar-refractivity contribution in [3.05, 3.63) is 70.7 Å². The number of amides is 1. The third kappa shape index (κ3) is 8.61. The molecular formula is C38H49F3N8O4S. The largest absolute Gasteiger partial charge is 0.495 e. The highest BCUT2D eigenvalue weighted by molar-refractivity contribution is 7.88. The van der Waals surface area contributed by atoms with E-state index >= 15 is 4.39 Å². The summed E-state index contributed by atoms with van der Waals surface area (Å²) < 4.78 is 75.9. The summed E-state index contributed by atoms with van der Waals surface area (Å²) in [5, 5.41) is 8.93. The van der Waals surface area contributed by atoms with Crippen LogP contribution in [0, 0.1) is 11.7 Å². The molecule has 1 aliphatic heterocycles. The molecule has 2 atom stereocenters. The summed E-state index contributed by atoms with van der Waals surface area (Å²) in [6.45, 7) is 5.63. The smallest absolute Gasteiger partial charge is 0.268 e. The average molecular weight is 771 g/mol. The Bertz CT molecular complexity index is 1940. The van der Waals surface area contributed by atoms with Gasteiger partial charge < -0.3 is 25.6 Å². The molecule has 2 heterocycles. The summed E-state index contributed by atoms with van der Waals surface area (Å²) in [5.74, 6) is -0.644. The van der Waals surface area contributed by atoms with Gasteiger partial charge in [-0.2, -0.15) is 9.29 Å². The molecule has 4 aliphatic rings. The Morgan fingerprint density at radius 2 is 1.78 bits per heavy atom. The Morgan fingerprint density at radius 3 is 2.44 bits per heavy atom. The van der Waals surface area contributed by atoms with E-state index in [1.54, 1.807) is 6.07 Å². The second-order valence-corrected chi connectivity index (χ2v) is 17.1. The summed E-state index contributed by atoms with van der Waals surface area (Å²) >= 11 is 0. The van der Waals surface area contributed by atoms with Gasteiger partial charge in [-0.1, -0.05) is 24.3 Å². The number of anilines is 3. The van der Waals surface area contributed by atoms with E-state index in [2.05, 4.69) is 35.7 Å². The lowest BCUT2D eigenvalue weighted by atomic mass is 9.89. The van der Waals surface area contributed by atoms with E-state index in [-0.39, 0.29) is 34.8 Å². The van der Waals surface area contributed by atoms with Gasteiger partial charge in [0.15, 0.2) is 0 Å². The molecular weight excluding hydrogens is 722 g/mol. The minimum atomic E-state index is -3.65. The number of piperazine rings is 1. The summed E-state index contributed by atoms with van der Waals surface area (Å²) in [6, 6.07) is 8.83. The number of fused-ring (bicyclic) bond motifs is 1. The third-order valence-corrected chi connectivity index (χ3v) is 12.7. The number of hydrogen-bond acceptors (Lipinski definition) is 10. The number of likely N-dealkylation sites (N-methyl/N-ethyl adjacent to an activating group) is 1. The topological polar surface area (TPSA) is 132 Å². The second-order valence-electron chi connectivity index (χ2n) is 15.1. The zero-order valence-electron chi connectivity index (χ0n) is 30.9. The predicted octanol–water partition coefficient (Wildman–Crippen LogP) is 5.34. The van der Waals surface area contributed by atoms with Gasteiger partial charge in [-0.15, -0.1) is 0 Å². The number of rotatable bonds is 13. The van der Waals surface area contributed by atoms with Crippen LogP contribution in [0.5, 0.6) is 5.75 Å². The van der Waals surface area contributed by atoms with Gasteiger partial charge in [-0.25, -0.2) is 26.6 Å². The first-order valence-corrected chi connectivity index (χ1v) is 20.6. The second kappa shape index (κ2) is 16.0. The molecule has 12 nitrogen and oxygen atoms in total. The molecule has 1 saturated heterocycles. The number of nitrogens with zero attached hydrogens (tertiary/aromatic N) is 5. The van der Waals surface area contributed by atoms with Crippen LogP contribution in [0.4, 0.5) is 30.6 Å². The van der Waals surface area contributed by atoms with E-state index in [9.17, 15) is 22.0 Å². The quantitative estimate of drug-likeness (QED) is 0.209. The Kier molecular flexibility index (Phi) is 11.3. The molecule has 292 valence electrons. The molecule has 3 aromatic rings. The van der Waals surface area contributed by atoms with E-state index in [1.165, 1.54) is 43.9 Å². The molecule has 2 saturated carbocycles. The third-order valence-electron chi connectivity index (χ3n) is 11.4. The number of aromatic nitrogens is 2. The number of sulfonamides is 1. The van der Waals surface area contributed by atoms with Crippen LogP contribution in [-0.2, 0) is 16.4 Å². The summed E-state index contributed by atoms with van der Waals surface area (Å²) in [4.78, 5) is 26.9. The van der Waals surface area contributed by atoms with E-state index < -0.39 is 45.8 Å². The lowest BCUT2D eigenvalue weighted by Crippen LogP contribution is -2.52. The lowest BCUT2D eigenvalue weighted by Gasteiger charge is -2.42. The van der Waals surface area contributed by atoms with Gasteiger partial charge in [0, 0.05) is 64.1 Å². The van der Waals surface area contributed by atoms with E-state index in [0.29, 0.717) is 12.5 Å². The standard InChI is InChI=1S/C38H49F3N8O4S/c1-47(54(3,51)52)34-27-7-5-4-6-24(27)18-32(34)44-36-29(35(40)41)21-42-38(46-36)45-31-20-30(39)28(19-33(31)53-2)37(50)43-25-10-12-26(13-11-25)49-16-14-48(15-17-49)22-23-8-9-23/h4-7,19-21,23,25-26,32,34-35H,8-18,22H2,1-3H3,(H,43,50)(H2,42,44,45,46)/t25?,26?,32-,34-/m1/s1. The molecule has 0 bridgehead atoms. The van der Waals surface area contributed by atoms with Crippen LogP contribution >= 0.6 is 0 Å². The van der Waals surface area contributed by atoms with Crippen LogP contribution in [0.15, 0.2) is 42.6 Å². The highest BCUT2D eigenvalue weighted by Crippen LogP contribution is 2.40. The van der Waals surface area contributed by atoms with Crippen molar-refractivity contribution in [2.45, 2.75) is 75.5 Å². The minimum Gasteiger partial charge on any atom is -0.495 e. The number of carbonyl (C=O) groups excluding carboxylic acids is 1. The fraction of sp³-hybridized carbons (Fsp3) is 0.553. The van der Waals surface area contributed by atoms with E-state index in [4.69, 9.17) is 4.74 Å². The van der Waals surface area contributed by atoms with Crippen molar-refractivity contribution in [3.63, 3.8) is 0 Å². The number of alkyl halides is 2. The van der Waals surface area contributed by atoms with Crippen molar-refractivity contribution in [2.75, 3.05) is 63.8 Å². The molecule has 0 radical (unpaired) electrons. The molecule has 3 aliphatic carbocycles. The number of halogens is 3. The van der Waals surface area contributed by atoms with Crippen LogP contribution < -0.4 is 20.7 Å². The van der Waals surface area contributed by atoms with Gasteiger partial charge in [-0.05, 0) is 68.1 Å². The van der Waals surface area contributed by atoms with Crippen LogP contribution in [0.25, 0.3) is 0 Å². The monoisotopic (exact) mass is 770 g/mol. The van der Waals surface area contributed by atoms with Crippen LogP contribution in [0.3, 0.4) is 0 Å². The summed E-state index contributed by atoms with van der Waals surface area (Å²) in [6.07, 6.45) is 5.81. The predicted molar refractivity (Wildman–Crippen MR) is 200 cm³/mol. The van der Waals surface area contributed by atoms with Gasteiger partial charge in [0.1, 0.15) is 17.4 Å². The van der Waals surface area contributed by atoms with E-state index in [1.807, 2.05) is 18.2 Å². The van der Waals surface area contributed by atoms with Gasteiger partial charge >= 0.3 is 0 Å². The maximum Gasteiger partial charge on any atom is 0.268 e. The summed E-state index contributed by atoms with van der Waals surface area (Å²) in [5.41, 5.74) is 1.07. The van der Waals surface area contributed by atoms with Gasteiger partial charge in [-0.3, -0.25) is 9.69 Å². The normalized spacial score (nSPS) is 23.7. The molecule has 0 spiro atoms. The number of methoxy groups -OCH3 is 1. The Labute approximate surface area is 314 Å². The molecule has 54 heavy (non-hydrogen) atoms. The highest BCUT2D eigenvalue weighted by atomic mass is 32.2. The first kappa shape index (κ1) is 38.3.